The van der Waals surface area contributed by atoms with Crippen molar-refractivity contribution in [1.29, 1.82) is 0 Å². The molecule has 0 bridgehead atoms. The molecule has 0 saturated carbocycles. The van der Waals surface area contributed by atoms with Crippen molar-refractivity contribution in [3.8, 4) is 11.3 Å². The van der Waals surface area contributed by atoms with Crippen molar-refractivity contribution in [3.63, 3.8) is 0 Å². The Hall–Kier alpha value is -3.72. The number of nitrogens with one attached hydrogen (secondary N) is 2. The number of aromatic nitrogens is 1. The van der Waals surface area contributed by atoms with Crippen LogP contribution in [0.5, 0.6) is 0 Å². The zero-order valence-electron chi connectivity index (χ0n) is 19.5. The third-order valence-corrected chi connectivity index (χ3v) is 7.19. The van der Waals surface area contributed by atoms with Crippen LogP contribution < -0.4 is 10.6 Å². The summed E-state index contributed by atoms with van der Waals surface area (Å²) in [5, 5.41) is 6.00. The maximum atomic E-state index is 12.8. The number of carbonyl (C=O) groups is 2. The van der Waals surface area contributed by atoms with Gasteiger partial charge in [0.2, 0.25) is 0 Å². The predicted octanol–water partition coefficient (Wildman–Crippen LogP) is 5.64. The molecule has 0 saturated heterocycles. The van der Waals surface area contributed by atoms with Gasteiger partial charge in [0, 0.05) is 30.2 Å². The van der Waals surface area contributed by atoms with Crippen LogP contribution in [0.2, 0.25) is 10.0 Å². The molecule has 0 spiro atoms. The molecular formula is C27H21Cl2N3O4S. The van der Waals surface area contributed by atoms with E-state index in [4.69, 9.17) is 23.2 Å². The normalized spacial score (nSPS) is 11.1. The summed E-state index contributed by atoms with van der Waals surface area (Å²) in [6.07, 6.45) is 2.52. The van der Waals surface area contributed by atoms with Crippen LogP contribution in [-0.2, 0) is 16.4 Å². The number of hydrogen-bond donors (Lipinski definition) is 2. The molecule has 188 valence electrons. The van der Waals surface area contributed by atoms with Gasteiger partial charge >= 0.3 is 0 Å². The number of pyridine rings is 1. The van der Waals surface area contributed by atoms with E-state index in [0.717, 1.165) is 11.8 Å². The van der Waals surface area contributed by atoms with E-state index in [-0.39, 0.29) is 21.4 Å². The number of hydrogen-bond acceptors (Lipinski definition) is 5. The predicted molar refractivity (Wildman–Crippen MR) is 145 cm³/mol. The number of nitrogens with zero attached hydrogens (tertiary/aromatic N) is 1. The SMILES string of the molecule is CS(=O)(=O)c1ccc(C(=O)Nc2ccc(Cl)c(-c3ccc(C(=O)NCc4ccccc4)cn3)c2)c(Cl)c1. The van der Waals surface area contributed by atoms with Crippen molar-refractivity contribution in [3.05, 3.63) is 112 Å². The monoisotopic (exact) mass is 553 g/mol. The molecule has 1 heterocycles. The molecule has 0 aliphatic carbocycles. The number of rotatable bonds is 7. The lowest BCUT2D eigenvalue weighted by Crippen LogP contribution is -2.22. The topological polar surface area (TPSA) is 105 Å². The van der Waals surface area contributed by atoms with Gasteiger partial charge < -0.3 is 10.6 Å². The first-order valence-electron chi connectivity index (χ1n) is 11.0. The van der Waals surface area contributed by atoms with Crippen LogP contribution >= 0.6 is 23.2 Å². The Morgan fingerprint density at radius 1 is 0.865 bits per heavy atom. The van der Waals surface area contributed by atoms with Gasteiger partial charge in [-0.05, 0) is 54.1 Å². The molecule has 0 fully saturated rings. The van der Waals surface area contributed by atoms with Crippen molar-refractivity contribution in [2.45, 2.75) is 11.4 Å². The number of halogens is 2. The number of benzene rings is 3. The fourth-order valence-corrected chi connectivity index (χ4v) is 4.67. The Balaban J connectivity index is 1.48. The van der Waals surface area contributed by atoms with E-state index < -0.39 is 15.7 Å². The van der Waals surface area contributed by atoms with E-state index >= 15 is 0 Å². The average Bonchev–Trinajstić information content (AvgIpc) is 2.88. The largest absolute Gasteiger partial charge is 0.348 e. The summed E-state index contributed by atoms with van der Waals surface area (Å²) in [7, 11) is -3.46. The zero-order chi connectivity index (χ0) is 26.6. The minimum Gasteiger partial charge on any atom is -0.348 e. The molecular weight excluding hydrogens is 533 g/mol. The minimum absolute atomic E-state index is 0.0115. The molecule has 0 atom stereocenters. The lowest BCUT2D eigenvalue weighted by Gasteiger charge is -2.11. The van der Waals surface area contributed by atoms with Gasteiger partial charge in [0.15, 0.2) is 9.84 Å². The molecule has 1 aromatic heterocycles. The van der Waals surface area contributed by atoms with Crippen molar-refractivity contribution >= 4 is 50.5 Å². The van der Waals surface area contributed by atoms with Crippen molar-refractivity contribution in [2.24, 2.45) is 0 Å². The van der Waals surface area contributed by atoms with Crippen LogP contribution in [-0.4, -0.2) is 31.5 Å². The summed E-state index contributed by atoms with van der Waals surface area (Å²) >= 11 is 12.5. The highest BCUT2D eigenvalue weighted by Gasteiger charge is 2.16. The summed E-state index contributed by atoms with van der Waals surface area (Å²) in [6.45, 7) is 0.399. The molecule has 0 unspecified atom stereocenters. The highest BCUT2D eigenvalue weighted by Crippen LogP contribution is 2.30. The molecule has 4 aromatic rings. The van der Waals surface area contributed by atoms with E-state index in [1.54, 1.807) is 30.3 Å². The summed E-state index contributed by atoms with van der Waals surface area (Å²) < 4.78 is 23.4. The van der Waals surface area contributed by atoms with Gasteiger partial charge in [-0.15, -0.1) is 0 Å². The Kier molecular flexibility index (Phi) is 7.92. The number of anilines is 1. The number of amides is 2. The first-order chi connectivity index (χ1) is 17.6. The zero-order valence-corrected chi connectivity index (χ0v) is 21.9. The molecule has 37 heavy (non-hydrogen) atoms. The molecule has 4 rings (SSSR count). The van der Waals surface area contributed by atoms with Gasteiger partial charge in [-0.1, -0.05) is 53.5 Å². The molecule has 2 N–H and O–H groups in total. The lowest BCUT2D eigenvalue weighted by atomic mass is 10.1. The Bertz CT molecular complexity index is 1580. The molecule has 10 heteroatoms. The standard InChI is InChI=1S/C27H21Cl2N3O4S/c1-37(35,36)20-9-10-21(24(29)14-20)27(34)32-19-8-11-23(28)22(13-19)25-12-7-18(16-30-25)26(33)31-15-17-5-3-2-4-6-17/h2-14,16H,15H2,1H3,(H,31,33)(H,32,34). The van der Waals surface area contributed by atoms with E-state index in [1.807, 2.05) is 30.3 Å². The van der Waals surface area contributed by atoms with Crippen LogP contribution in [0.4, 0.5) is 5.69 Å². The van der Waals surface area contributed by atoms with Gasteiger partial charge in [0.05, 0.1) is 31.8 Å². The summed E-state index contributed by atoms with van der Waals surface area (Å²) in [5.74, 6) is -0.773. The smallest absolute Gasteiger partial charge is 0.257 e. The number of carbonyl (C=O) groups excluding carboxylic acids is 2. The van der Waals surface area contributed by atoms with Crippen LogP contribution in [0, 0.1) is 0 Å². The van der Waals surface area contributed by atoms with E-state index in [9.17, 15) is 18.0 Å². The highest BCUT2D eigenvalue weighted by atomic mass is 35.5. The van der Waals surface area contributed by atoms with Gasteiger partial charge in [-0.3, -0.25) is 14.6 Å². The molecule has 2 amide bonds. The molecule has 3 aromatic carbocycles. The highest BCUT2D eigenvalue weighted by molar-refractivity contribution is 7.90. The fraction of sp³-hybridized carbons (Fsp3) is 0.0741. The fourth-order valence-electron chi connectivity index (χ4n) is 3.48. The third-order valence-electron chi connectivity index (χ3n) is 5.44. The second-order valence-corrected chi connectivity index (χ2v) is 11.0. The van der Waals surface area contributed by atoms with Gasteiger partial charge in [-0.25, -0.2) is 8.42 Å². The van der Waals surface area contributed by atoms with Gasteiger partial charge in [0.1, 0.15) is 0 Å². The third kappa shape index (κ3) is 6.54. The molecule has 0 aliphatic rings. The maximum Gasteiger partial charge on any atom is 0.257 e. The quantitative estimate of drug-likeness (QED) is 0.308. The summed E-state index contributed by atoms with van der Waals surface area (Å²) in [5.41, 5.74) is 2.99. The molecule has 0 aliphatic heterocycles. The molecule has 0 radical (unpaired) electrons. The van der Waals surface area contributed by atoms with Gasteiger partial charge in [-0.2, -0.15) is 0 Å². The second-order valence-electron chi connectivity index (χ2n) is 8.16. The molecule has 7 nitrogen and oxygen atoms in total. The van der Waals surface area contributed by atoms with E-state index in [0.29, 0.717) is 34.1 Å². The van der Waals surface area contributed by atoms with Crippen LogP contribution in [0.25, 0.3) is 11.3 Å². The second kappa shape index (κ2) is 11.1. The van der Waals surface area contributed by atoms with E-state index in [2.05, 4.69) is 15.6 Å². The lowest BCUT2D eigenvalue weighted by molar-refractivity contribution is 0.0949. The van der Waals surface area contributed by atoms with Crippen molar-refractivity contribution in [1.82, 2.24) is 10.3 Å². The Morgan fingerprint density at radius 3 is 2.27 bits per heavy atom. The summed E-state index contributed by atoms with van der Waals surface area (Å²) in [6, 6.07) is 21.7. The Morgan fingerprint density at radius 2 is 1.62 bits per heavy atom. The van der Waals surface area contributed by atoms with Crippen LogP contribution in [0.15, 0.2) is 90.0 Å². The Labute approximate surface area is 224 Å². The number of sulfone groups is 1. The van der Waals surface area contributed by atoms with Crippen molar-refractivity contribution in [2.75, 3.05) is 11.6 Å². The van der Waals surface area contributed by atoms with Crippen molar-refractivity contribution < 1.29 is 18.0 Å². The van der Waals surface area contributed by atoms with Crippen LogP contribution in [0.3, 0.4) is 0 Å². The summed E-state index contributed by atoms with van der Waals surface area (Å²) in [4.78, 5) is 29.6. The van der Waals surface area contributed by atoms with Gasteiger partial charge in [0.25, 0.3) is 11.8 Å². The first-order valence-corrected chi connectivity index (χ1v) is 13.7. The maximum absolute atomic E-state index is 12.8. The average molecular weight is 554 g/mol. The van der Waals surface area contributed by atoms with Crippen LogP contribution in [0.1, 0.15) is 26.3 Å². The van der Waals surface area contributed by atoms with E-state index in [1.165, 1.54) is 24.4 Å². The first kappa shape index (κ1) is 26.3. The minimum atomic E-state index is -3.46.